The van der Waals surface area contributed by atoms with Crippen LogP contribution in [0.15, 0.2) is 108 Å². The van der Waals surface area contributed by atoms with Crippen LogP contribution in [0.5, 0.6) is 5.75 Å². The zero-order valence-corrected chi connectivity index (χ0v) is 25.5. The largest absolute Gasteiger partial charge is 0.505 e. The van der Waals surface area contributed by atoms with Crippen molar-refractivity contribution < 1.29 is 48.9 Å². The van der Waals surface area contributed by atoms with Gasteiger partial charge in [-0.1, -0.05) is 12.1 Å². The highest BCUT2D eigenvalue weighted by molar-refractivity contribution is 7.86. The molecule has 0 aromatic heterocycles. The third-order valence-electron chi connectivity index (χ3n) is 6.54. The zero-order chi connectivity index (χ0) is 34.5. The molecule has 0 radical (unpaired) electrons. The van der Waals surface area contributed by atoms with Crippen LogP contribution in [0.25, 0.3) is 21.5 Å². The summed E-state index contributed by atoms with van der Waals surface area (Å²) in [6.07, 6.45) is 0. The van der Waals surface area contributed by atoms with Crippen LogP contribution in [0, 0.1) is 10.1 Å². The Hall–Kier alpha value is -5.45. The van der Waals surface area contributed by atoms with Gasteiger partial charge in [-0.3, -0.25) is 23.8 Å². The summed E-state index contributed by atoms with van der Waals surface area (Å²) in [7, 11) is -14.7. The molecule has 5 aromatic carbocycles. The minimum atomic E-state index is -5.16. The maximum atomic E-state index is 12.3. The number of nitrogen functional groups attached to an aromatic ring is 1. The van der Waals surface area contributed by atoms with E-state index in [4.69, 9.17) is 5.73 Å². The molecule has 242 valence electrons. The number of nitrogens with two attached hydrogens (primary N) is 1. The van der Waals surface area contributed by atoms with E-state index in [0.29, 0.717) is 0 Å². The molecule has 6 N–H and O–H groups in total. The average Bonchev–Trinajstić information content (AvgIpc) is 2.97. The van der Waals surface area contributed by atoms with Crippen molar-refractivity contribution in [3.63, 3.8) is 0 Å². The number of benzene rings is 5. The molecule has 0 atom stereocenters. The summed E-state index contributed by atoms with van der Waals surface area (Å²) >= 11 is 0. The van der Waals surface area contributed by atoms with Gasteiger partial charge in [0.25, 0.3) is 36.0 Å². The minimum absolute atomic E-state index is 0.00514. The zero-order valence-electron chi connectivity index (χ0n) is 23.0. The molecule has 0 saturated carbocycles. The molecular weight excluding hydrogens is 685 g/mol. The van der Waals surface area contributed by atoms with Gasteiger partial charge in [0.05, 0.1) is 31.8 Å². The van der Waals surface area contributed by atoms with E-state index in [1.807, 2.05) is 0 Å². The van der Waals surface area contributed by atoms with E-state index in [9.17, 15) is 54.1 Å². The van der Waals surface area contributed by atoms with Crippen LogP contribution in [0.2, 0.25) is 0 Å². The van der Waals surface area contributed by atoms with E-state index in [0.717, 1.165) is 36.4 Å². The summed E-state index contributed by atoms with van der Waals surface area (Å²) in [5.41, 5.74) is 4.40. The molecular formula is C26H18N6O12S3. The molecule has 0 aliphatic carbocycles. The van der Waals surface area contributed by atoms with Gasteiger partial charge in [-0.25, -0.2) is 0 Å². The van der Waals surface area contributed by atoms with Crippen molar-refractivity contribution >= 4 is 86.0 Å². The lowest BCUT2D eigenvalue weighted by Gasteiger charge is -2.12. The van der Waals surface area contributed by atoms with Crippen LogP contribution in [0.1, 0.15) is 0 Å². The Bertz CT molecular complexity index is 2550. The maximum Gasteiger partial charge on any atom is 0.296 e. The highest BCUT2D eigenvalue weighted by Crippen LogP contribution is 2.45. The Balaban J connectivity index is 1.70. The number of nitro groups is 1. The molecule has 0 fully saturated rings. The number of nitrogens with zero attached hydrogens (tertiary/aromatic N) is 5. The van der Waals surface area contributed by atoms with Crippen molar-refractivity contribution in [3.8, 4) is 5.75 Å². The number of aromatic hydroxyl groups is 1. The number of nitro benzene ring substituents is 1. The number of non-ortho nitro benzene ring substituents is 1. The van der Waals surface area contributed by atoms with Crippen molar-refractivity contribution in [2.75, 3.05) is 5.73 Å². The lowest BCUT2D eigenvalue weighted by Crippen LogP contribution is -2.02. The molecule has 18 nitrogen and oxygen atoms in total. The van der Waals surface area contributed by atoms with Gasteiger partial charge in [-0.05, 0) is 53.9 Å². The van der Waals surface area contributed by atoms with Gasteiger partial charge in [0.1, 0.15) is 10.6 Å². The highest BCUT2D eigenvalue weighted by atomic mass is 32.2. The Morgan fingerprint density at radius 2 is 1.32 bits per heavy atom. The monoisotopic (exact) mass is 702 g/mol. The lowest BCUT2D eigenvalue weighted by atomic mass is 10.1. The molecule has 0 spiro atoms. The van der Waals surface area contributed by atoms with Gasteiger partial charge >= 0.3 is 0 Å². The number of phenolic OH excluding ortho intramolecular Hbond substituents is 1. The molecule has 5 rings (SSSR count). The summed E-state index contributed by atoms with van der Waals surface area (Å²) in [6.45, 7) is 0. The van der Waals surface area contributed by atoms with Crippen LogP contribution < -0.4 is 5.73 Å². The third-order valence-corrected chi connectivity index (χ3v) is 9.09. The normalized spacial score (nSPS) is 12.8. The summed E-state index contributed by atoms with van der Waals surface area (Å²) in [5.74, 6) is -0.932. The number of rotatable bonds is 8. The third kappa shape index (κ3) is 6.74. The first kappa shape index (κ1) is 32.9. The van der Waals surface area contributed by atoms with Gasteiger partial charge in [-0.15, -0.1) is 15.3 Å². The van der Waals surface area contributed by atoms with Gasteiger partial charge < -0.3 is 10.8 Å². The first-order valence-corrected chi connectivity index (χ1v) is 16.8. The van der Waals surface area contributed by atoms with E-state index in [1.54, 1.807) is 0 Å². The molecule has 0 saturated heterocycles. The van der Waals surface area contributed by atoms with E-state index in [-0.39, 0.29) is 44.3 Å². The molecule has 47 heavy (non-hydrogen) atoms. The van der Waals surface area contributed by atoms with E-state index in [1.165, 1.54) is 36.4 Å². The molecule has 0 unspecified atom stereocenters. The van der Waals surface area contributed by atoms with Crippen LogP contribution in [0.3, 0.4) is 0 Å². The minimum Gasteiger partial charge on any atom is -0.505 e. The number of phenols is 1. The predicted molar refractivity (Wildman–Crippen MR) is 165 cm³/mol. The second-order valence-electron chi connectivity index (χ2n) is 9.60. The van der Waals surface area contributed by atoms with Crippen LogP contribution >= 0.6 is 0 Å². The number of azo groups is 2. The average molecular weight is 703 g/mol. The van der Waals surface area contributed by atoms with Crippen molar-refractivity contribution in [1.82, 2.24) is 0 Å². The standard InChI is InChI=1S/C26H18N6O12S3/c27-20-12-17(46(39,40)41)8-13-9-23(47(42,43)44)25(26(33)24(13)20)31-30-21-6-7-22(19-11-16(45(36,37)38)4-5-18(19)21)29-28-14-2-1-3-15(10-14)32(34)35/h1-12,33H,27H2,(H,36,37,38)(H,39,40,41)(H,42,43,44). The summed E-state index contributed by atoms with van der Waals surface area (Å²) in [5, 5.41) is 37.4. The SMILES string of the molecule is Nc1cc(S(=O)(=O)O)cc2cc(S(=O)(=O)O)c(N=Nc3ccc(N=Nc4cccc([N+](=O)[O-])c4)c4cc(S(=O)(=O)O)ccc34)c(O)c12. The molecule has 0 aliphatic heterocycles. The number of anilines is 1. The predicted octanol–water partition coefficient (Wildman–Crippen LogP) is 5.76. The maximum absolute atomic E-state index is 12.3. The summed E-state index contributed by atoms with van der Waals surface area (Å²) < 4.78 is 100. The fraction of sp³-hybridized carbons (Fsp3) is 0. The highest BCUT2D eigenvalue weighted by Gasteiger charge is 2.25. The quantitative estimate of drug-likeness (QED) is 0.0423. The Morgan fingerprint density at radius 1 is 0.681 bits per heavy atom. The smallest absolute Gasteiger partial charge is 0.296 e. The summed E-state index contributed by atoms with van der Waals surface area (Å²) in [6, 6.07) is 13.3. The number of hydrogen-bond acceptors (Lipinski definition) is 14. The lowest BCUT2D eigenvalue weighted by molar-refractivity contribution is -0.384. The molecule has 21 heteroatoms. The molecule has 0 heterocycles. The molecule has 0 bridgehead atoms. The number of fused-ring (bicyclic) bond motifs is 2. The Labute approximate surface area is 263 Å². The summed E-state index contributed by atoms with van der Waals surface area (Å²) in [4.78, 5) is 8.16. The fourth-order valence-corrected chi connectivity index (χ4v) is 6.16. The van der Waals surface area contributed by atoms with E-state index >= 15 is 0 Å². The fourth-order valence-electron chi connectivity index (χ4n) is 4.45. The number of hydrogen-bond donors (Lipinski definition) is 5. The van der Waals surface area contributed by atoms with E-state index in [2.05, 4.69) is 20.5 Å². The van der Waals surface area contributed by atoms with Gasteiger partial charge in [0.2, 0.25) is 0 Å². The first-order chi connectivity index (χ1) is 21.8. The van der Waals surface area contributed by atoms with Crippen molar-refractivity contribution in [2.45, 2.75) is 14.7 Å². The second kappa shape index (κ2) is 11.7. The molecule has 5 aromatic rings. The van der Waals surface area contributed by atoms with Crippen LogP contribution in [0.4, 0.5) is 34.1 Å². The first-order valence-electron chi connectivity index (χ1n) is 12.5. The van der Waals surface area contributed by atoms with Crippen molar-refractivity contribution in [2.24, 2.45) is 20.5 Å². The van der Waals surface area contributed by atoms with E-state index < -0.39 is 67.1 Å². The molecule has 0 amide bonds. The van der Waals surface area contributed by atoms with Crippen LogP contribution in [-0.2, 0) is 30.4 Å². The topological polar surface area (TPSA) is 302 Å². The van der Waals surface area contributed by atoms with Gasteiger partial charge in [-0.2, -0.15) is 30.4 Å². The second-order valence-corrected chi connectivity index (χ2v) is 13.8. The molecule has 0 aliphatic rings. The van der Waals surface area contributed by atoms with Gasteiger partial charge in [0.15, 0.2) is 5.75 Å². The van der Waals surface area contributed by atoms with Crippen molar-refractivity contribution in [3.05, 3.63) is 82.9 Å². The Kier molecular flexibility index (Phi) is 8.21. The van der Waals surface area contributed by atoms with Crippen molar-refractivity contribution in [1.29, 1.82) is 0 Å². The van der Waals surface area contributed by atoms with Gasteiger partial charge in [0, 0.05) is 34.0 Å². The Morgan fingerprint density at radius 3 is 1.94 bits per heavy atom. The van der Waals surface area contributed by atoms with Crippen LogP contribution in [-0.4, -0.2) is 48.9 Å².